The topological polar surface area (TPSA) is 158 Å². The summed E-state index contributed by atoms with van der Waals surface area (Å²) in [6.07, 6.45) is 24.3. The fourth-order valence-electron chi connectivity index (χ4n) is 14.6. The number of aromatic hydroxyl groups is 5. The van der Waals surface area contributed by atoms with Crippen molar-refractivity contribution < 1.29 is 30.6 Å². The van der Waals surface area contributed by atoms with Gasteiger partial charge in [0.15, 0.2) is 23.0 Å². The molecule has 0 saturated heterocycles. The van der Waals surface area contributed by atoms with Crippen molar-refractivity contribution in [3.8, 4) is 28.7 Å². The van der Waals surface area contributed by atoms with Gasteiger partial charge in [-0.25, -0.2) is 0 Å². The lowest BCUT2D eigenvalue weighted by Gasteiger charge is -2.68. The fraction of sp³-hybridized carbons (Fsp3) is 0.423. The molecule has 4 aromatic rings. The van der Waals surface area contributed by atoms with Crippen molar-refractivity contribution in [2.75, 3.05) is 13.2 Å². The molecule has 7 aliphatic rings. The van der Waals surface area contributed by atoms with Gasteiger partial charge in [-0.1, -0.05) is 91.8 Å². The van der Waals surface area contributed by atoms with Crippen molar-refractivity contribution in [3.63, 3.8) is 0 Å². The number of benzene rings is 4. The molecule has 0 radical (unpaired) electrons. The van der Waals surface area contributed by atoms with Gasteiger partial charge in [-0.2, -0.15) is 0 Å². The minimum absolute atomic E-state index is 0.0130. The standard InChI is InChI=1S/C52H55N3O6/c56-39-17-13-32(26-42(39)59)12-15-36-37-5-1-6-40(57)43(37)46(61)45(60)38(36)16-11-31-7-9-33(10-8-31)28-53-29-52-47-41(58)18-14-35-4-2-21-50(35,47)24-25-51(52)22-3-20-49(51)23-19-34(27-49)44-48(52)55-30-54-44/h1,5-10,12-15,17-19,23,26,34-35,41,47,53,56-61H,2-4,11,16,20-22,24-25,27-30H2/t34-,35+,41+,47?,49-,50+,51-,52-/m0/s1. The van der Waals surface area contributed by atoms with Crippen LogP contribution >= 0.6 is 0 Å². The molecule has 0 aromatic heterocycles. The maximum absolute atomic E-state index is 12.4. The zero-order valence-electron chi connectivity index (χ0n) is 34.5. The number of phenols is 5. The highest BCUT2D eigenvalue weighted by Gasteiger charge is 2.77. The van der Waals surface area contributed by atoms with E-state index in [9.17, 15) is 30.6 Å². The zero-order chi connectivity index (χ0) is 41.7. The van der Waals surface area contributed by atoms with E-state index in [0.29, 0.717) is 60.0 Å². The Morgan fingerprint density at radius 2 is 1.61 bits per heavy atom. The van der Waals surface area contributed by atoms with E-state index in [1.165, 1.54) is 86.6 Å². The number of aryl methyl sites for hydroxylation is 1. The predicted molar refractivity (Wildman–Crippen MR) is 239 cm³/mol. The van der Waals surface area contributed by atoms with Gasteiger partial charge < -0.3 is 36.0 Å². The van der Waals surface area contributed by atoms with E-state index >= 15 is 0 Å². The molecule has 0 amide bonds. The number of hydrogen-bond donors (Lipinski definition) is 7. The number of aliphatic hydroxyl groups excluding tert-OH is 1. The molecule has 6 aliphatic carbocycles. The largest absolute Gasteiger partial charge is 0.507 e. The van der Waals surface area contributed by atoms with Crippen molar-refractivity contribution in [2.45, 2.75) is 83.3 Å². The second-order valence-electron chi connectivity index (χ2n) is 19.3. The lowest BCUT2D eigenvalue weighted by atomic mass is 9.35. The van der Waals surface area contributed by atoms with Gasteiger partial charge in [-0.05, 0) is 126 Å². The van der Waals surface area contributed by atoms with Gasteiger partial charge in [-0.15, -0.1) is 0 Å². The summed E-state index contributed by atoms with van der Waals surface area (Å²) in [4.78, 5) is 10.5. The zero-order valence-corrected chi connectivity index (χ0v) is 34.5. The molecular weight excluding hydrogens is 763 g/mol. The van der Waals surface area contributed by atoms with Crippen LogP contribution in [0, 0.1) is 39.4 Å². The van der Waals surface area contributed by atoms with Crippen LogP contribution < -0.4 is 5.32 Å². The molecule has 1 aliphatic heterocycles. The van der Waals surface area contributed by atoms with Crippen molar-refractivity contribution in [1.82, 2.24) is 5.32 Å². The van der Waals surface area contributed by atoms with E-state index in [4.69, 9.17) is 9.98 Å². The van der Waals surface area contributed by atoms with Gasteiger partial charge in [0, 0.05) is 35.9 Å². The summed E-state index contributed by atoms with van der Waals surface area (Å²) >= 11 is 0. The Morgan fingerprint density at radius 3 is 2.46 bits per heavy atom. The number of aliphatic hydroxyl groups is 1. The molecule has 3 spiro atoms. The van der Waals surface area contributed by atoms with Crippen LogP contribution in [-0.4, -0.2) is 61.4 Å². The monoisotopic (exact) mass is 817 g/mol. The van der Waals surface area contributed by atoms with E-state index < -0.39 is 6.10 Å². The molecule has 2 bridgehead atoms. The van der Waals surface area contributed by atoms with Crippen LogP contribution in [0.25, 0.3) is 22.9 Å². The minimum atomic E-state index is -0.512. The van der Waals surface area contributed by atoms with Crippen LogP contribution in [0.2, 0.25) is 0 Å². The third-order valence-electron chi connectivity index (χ3n) is 17.0. The minimum Gasteiger partial charge on any atom is -0.507 e. The summed E-state index contributed by atoms with van der Waals surface area (Å²) in [7, 11) is 0. The van der Waals surface area contributed by atoms with Crippen molar-refractivity contribution in [1.29, 1.82) is 0 Å². The van der Waals surface area contributed by atoms with Crippen LogP contribution in [0.3, 0.4) is 0 Å². The number of nitrogens with one attached hydrogen (secondary N) is 1. The highest BCUT2D eigenvalue weighted by atomic mass is 16.3. The van der Waals surface area contributed by atoms with E-state index in [1.807, 2.05) is 0 Å². The van der Waals surface area contributed by atoms with Gasteiger partial charge in [0.05, 0.1) is 22.9 Å². The summed E-state index contributed by atoms with van der Waals surface area (Å²) in [5, 5.41) is 70.2. The highest BCUT2D eigenvalue weighted by molar-refractivity contribution is 6.47. The van der Waals surface area contributed by atoms with Gasteiger partial charge in [0.1, 0.15) is 12.4 Å². The smallest absolute Gasteiger partial charge is 0.169 e. The summed E-state index contributed by atoms with van der Waals surface area (Å²) in [6, 6.07) is 18.1. The molecule has 7 N–H and O–H groups in total. The Bertz CT molecular complexity index is 2610. The van der Waals surface area contributed by atoms with Crippen LogP contribution in [0.15, 0.2) is 95.0 Å². The van der Waals surface area contributed by atoms with Gasteiger partial charge >= 0.3 is 0 Å². The van der Waals surface area contributed by atoms with Gasteiger partial charge in [0.25, 0.3) is 0 Å². The van der Waals surface area contributed by atoms with Crippen LogP contribution in [0.1, 0.15) is 85.6 Å². The molecular formula is C52H55N3O6. The Hall–Kier alpha value is -5.38. The lowest BCUT2D eigenvalue weighted by Crippen LogP contribution is -2.70. The average molecular weight is 818 g/mol. The quantitative estimate of drug-likeness (QED) is 0.0504. The molecule has 11 rings (SSSR count). The number of rotatable bonds is 9. The summed E-state index contributed by atoms with van der Waals surface area (Å²) in [6.45, 7) is 1.94. The number of fused-ring (bicyclic) bond motifs is 6. The van der Waals surface area contributed by atoms with E-state index in [1.54, 1.807) is 30.4 Å². The molecule has 4 aromatic carbocycles. The maximum Gasteiger partial charge on any atom is 0.169 e. The van der Waals surface area contributed by atoms with Crippen molar-refractivity contribution in [2.24, 2.45) is 49.4 Å². The highest BCUT2D eigenvalue weighted by Crippen LogP contribution is 2.79. The van der Waals surface area contributed by atoms with Crippen molar-refractivity contribution in [3.05, 3.63) is 113 Å². The summed E-state index contributed by atoms with van der Waals surface area (Å²) in [5.74, 6) is -0.331. The lowest BCUT2D eigenvalue weighted by molar-refractivity contribution is -0.170. The summed E-state index contributed by atoms with van der Waals surface area (Å²) in [5.41, 5.74) is 6.34. The Balaban J connectivity index is 0.881. The average Bonchev–Trinajstić information content (AvgIpc) is 4.07. The molecule has 8 atom stereocenters. The number of nitrogens with zero attached hydrogens (tertiary/aromatic N) is 2. The molecule has 9 nitrogen and oxygen atoms in total. The molecule has 314 valence electrons. The first kappa shape index (κ1) is 38.5. The third kappa shape index (κ3) is 5.45. The Morgan fingerprint density at radius 1 is 0.754 bits per heavy atom. The molecule has 4 fully saturated rings. The van der Waals surface area contributed by atoms with E-state index in [2.05, 4.69) is 53.9 Å². The van der Waals surface area contributed by atoms with E-state index in [0.717, 1.165) is 18.5 Å². The number of phenolic OH excluding ortho intramolecular Hbond substituents is 5. The normalized spacial score (nSPS) is 32.9. The molecule has 1 unspecified atom stereocenters. The van der Waals surface area contributed by atoms with E-state index in [-0.39, 0.29) is 61.7 Å². The van der Waals surface area contributed by atoms with Crippen molar-refractivity contribution >= 4 is 34.3 Å². The molecule has 9 heteroatoms. The third-order valence-corrected chi connectivity index (χ3v) is 17.0. The Kier molecular flexibility index (Phi) is 8.89. The second kappa shape index (κ2) is 14.1. The first-order chi connectivity index (χ1) is 29.6. The number of allylic oxidation sites excluding steroid dienone is 3. The van der Waals surface area contributed by atoms with Gasteiger partial charge in [-0.3, -0.25) is 9.98 Å². The molecule has 61 heavy (non-hydrogen) atoms. The maximum atomic E-state index is 12.4. The number of aliphatic imine (C=N–C) groups is 2. The predicted octanol–water partition coefficient (Wildman–Crippen LogP) is 9.13. The Labute approximate surface area is 356 Å². The van der Waals surface area contributed by atoms with Crippen LogP contribution in [0.4, 0.5) is 0 Å². The van der Waals surface area contributed by atoms with Crippen LogP contribution in [-0.2, 0) is 19.4 Å². The SMILES string of the molecule is Oc1ccc(C=Cc2c(CCc3ccc(CNC[C@]45C6=NCN=C6[C@H]6C=C[C@@]7(CCC[C@]74CC[C@]47CCC[C@@H]4C=C[C@@H](O)C75)C6)cc3)c(O)c(O)c3c(O)cccc23)cc1O. The number of hydrogen-bond acceptors (Lipinski definition) is 9. The molecule has 4 saturated carbocycles. The first-order valence-corrected chi connectivity index (χ1v) is 22.4. The first-order valence-electron chi connectivity index (χ1n) is 22.4. The molecule has 1 heterocycles. The van der Waals surface area contributed by atoms with Gasteiger partial charge in [0.2, 0.25) is 0 Å². The fourth-order valence-corrected chi connectivity index (χ4v) is 14.6. The summed E-state index contributed by atoms with van der Waals surface area (Å²) < 4.78 is 0. The van der Waals surface area contributed by atoms with Crippen LogP contribution in [0.5, 0.6) is 28.7 Å². The second-order valence-corrected chi connectivity index (χ2v) is 19.3.